The van der Waals surface area contributed by atoms with Crippen molar-refractivity contribution in [3.8, 4) is 0 Å². The van der Waals surface area contributed by atoms with Gasteiger partial charge in [-0.1, -0.05) is 6.92 Å². The van der Waals surface area contributed by atoms with Crippen LogP contribution in [0.3, 0.4) is 0 Å². The second-order valence-corrected chi connectivity index (χ2v) is 4.75. The normalized spacial score (nSPS) is 18.8. The maximum Gasteiger partial charge on any atom is 0.242 e. The van der Waals surface area contributed by atoms with Gasteiger partial charge in [0.1, 0.15) is 24.0 Å². The Hall–Kier alpha value is -1.85. The van der Waals surface area contributed by atoms with Crippen molar-refractivity contribution in [2.75, 3.05) is 23.7 Å². The van der Waals surface area contributed by atoms with Crippen LogP contribution >= 0.6 is 0 Å². The number of nitrogens with one attached hydrogen (secondary N) is 3. The average Bonchev–Trinajstić information content (AvgIpc) is 2.42. The molecule has 0 aromatic carbocycles. The number of hydrogen-bond donors (Lipinski definition) is 3. The summed E-state index contributed by atoms with van der Waals surface area (Å²) in [4.78, 5) is 20.2. The highest BCUT2D eigenvalue weighted by atomic mass is 16.2. The number of hydrogen-bond acceptors (Lipinski definition) is 5. The molecule has 1 amide bonds. The lowest BCUT2D eigenvalue weighted by Gasteiger charge is -2.24. The van der Waals surface area contributed by atoms with E-state index in [1.54, 1.807) is 0 Å². The van der Waals surface area contributed by atoms with E-state index in [9.17, 15) is 4.79 Å². The number of carbonyl (C=O) groups excluding carboxylic acids is 1. The maximum atomic E-state index is 11.7. The Kier molecular flexibility index (Phi) is 4.54. The van der Waals surface area contributed by atoms with Gasteiger partial charge in [-0.25, -0.2) is 9.97 Å². The maximum absolute atomic E-state index is 11.7. The van der Waals surface area contributed by atoms with Crippen LogP contribution in [-0.2, 0) is 4.79 Å². The predicted molar refractivity (Wildman–Crippen MR) is 75.2 cm³/mol. The number of piperidine rings is 1. The van der Waals surface area contributed by atoms with E-state index >= 15 is 0 Å². The number of anilines is 2. The van der Waals surface area contributed by atoms with E-state index in [2.05, 4.69) is 32.8 Å². The lowest BCUT2D eigenvalue weighted by atomic mass is 10.1. The number of nitrogens with zero attached hydrogens (tertiary/aromatic N) is 2. The lowest BCUT2D eigenvalue weighted by molar-refractivity contribution is -0.123. The zero-order valence-corrected chi connectivity index (χ0v) is 11.5. The van der Waals surface area contributed by atoms with E-state index in [1.807, 2.05) is 6.92 Å². The molecule has 104 valence electrons. The fraction of sp³-hybridized carbons (Fsp3) is 0.615. The molecule has 1 saturated heterocycles. The predicted octanol–water partition coefficient (Wildman–Crippen LogP) is 1.30. The Morgan fingerprint density at radius 2 is 2.21 bits per heavy atom. The van der Waals surface area contributed by atoms with Crippen LogP contribution in [0.5, 0.6) is 0 Å². The van der Waals surface area contributed by atoms with Crippen LogP contribution in [0.15, 0.2) is 6.33 Å². The molecular formula is C13H21N5O. The molecular weight excluding hydrogens is 242 g/mol. The quantitative estimate of drug-likeness (QED) is 0.746. The molecule has 3 N–H and O–H groups in total. The second kappa shape index (κ2) is 6.36. The summed E-state index contributed by atoms with van der Waals surface area (Å²) < 4.78 is 0. The monoisotopic (exact) mass is 263 g/mol. The number of aromatic nitrogens is 2. The Morgan fingerprint density at radius 3 is 2.95 bits per heavy atom. The van der Waals surface area contributed by atoms with E-state index in [0.717, 1.165) is 49.6 Å². The fourth-order valence-electron chi connectivity index (χ4n) is 2.09. The van der Waals surface area contributed by atoms with E-state index in [4.69, 9.17) is 0 Å². The largest absolute Gasteiger partial charge is 0.370 e. The Morgan fingerprint density at radius 1 is 1.42 bits per heavy atom. The highest BCUT2D eigenvalue weighted by Gasteiger charge is 2.22. The summed E-state index contributed by atoms with van der Waals surface area (Å²) in [6, 6.07) is -0.193. The third-order valence-corrected chi connectivity index (χ3v) is 3.22. The smallest absolute Gasteiger partial charge is 0.242 e. The van der Waals surface area contributed by atoms with Crippen LogP contribution in [-0.4, -0.2) is 35.0 Å². The SMILES string of the molecule is CCCNc1ncnc(NC2CCCNC2=O)c1C. The molecule has 0 radical (unpaired) electrons. The molecule has 0 saturated carbocycles. The molecule has 6 nitrogen and oxygen atoms in total. The molecule has 1 aromatic rings. The first-order chi connectivity index (χ1) is 9.22. The van der Waals surface area contributed by atoms with Crippen molar-refractivity contribution >= 4 is 17.5 Å². The first-order valence-electron chi connectivity index (χ1n) is 6.82. The van der Waals surface area contributed by atoms with Gasteiger partial charge in [-0.15, -0.1) is 0 Å². The van der Waals surface area contributed by atoms with Gasteiger partial charge in [-0.2, -0.15) is 0 Å². The molecule has 1 aliphatic rings. The van der Waals surface area contributed by atoms with Gasteiger partial charge in [0, 0.05) is 18.7 Å². The molecule has 0 spiro atoms. The summed E-state index contributed by atoms with van der Waals surface area (Å²) in [5, 5.41) is 9.33. The van der Waals surface area contributed by atoms with Crippen LogP contribution in [0, 0.1) is 6.92 Å². The highest BCUT2D eigenvalue weighted by Crippen LogP contribution is 2.20. The number of amides is 1. The Bertz CT molecular complexity index is 449. The zero-order valence-electron chi connectivity index (χ0n) is 11.5. The first kappa shape index (κ1) is 13.6. The Balaban J connectivity index is 2.09. The average molecular weight is 263 g/mol. The van der Waals surface area contributed by atoms with Crippen LogP contribution < -0.4 is 16.0 Å². The van der Waals surface area contributed by atoms with Crippen LogP contribution in [0.4, 0.5) is 11.6 Å². The first-order valence-corrected chi connectivity index (χ1v) is 6.82. The van der Waals surface area contributed by atoms with E-state index in [1.165, 1.54) is 6.33 Å². The van der Waals surface area contributed by atoms with Gasteiger partial charge in [0.15, 0.2) is 0 Å². The van der Waals surface area contributed by atoms with E-state index in [0.29, 0.717) is 0 Å². The van der Waals surface area contributed by atoms with Crippen molar-refractivity contribution in [1.29, 1.82) is 0 Å². The van der Waals surface area contributed by atoms with Gasteiger partial charge in [-0.3, -0.25) is 4.79 Å². The minimum Gasteiger partial charge on any atom is -0.370 e. The molecule has 0 aliphatic carbocycles. The Labute approximate surface area is 113 Å². The molecule has 1 unspecified atom stereocenters. The molecule has 1 atom stereocenters. The van der Waals surface area contributed by atoms with Crippen molar-refractivity contribution in [3.63, 3.8) is 0 Å². The minimum atomic E-state index is -0.193. The molecule has 2 heterocycles. The van der Waals surface area contributed by atoms with Gasteiger partial charge in [0.2, 0.25) is 5.91 Å². The summed E-state index contributed by atoms with van der Waals surface area (Å²) in [5.41, 5.74) is 0.953. The molecule has 1 aromatic heterocycles. The van der Waals surface area contributed by atoms with Crippen LogP contribution in [0.1, 0.15) is 31.7 Å². The van der Waals surface area contributed by atoms with E-state index < -0.39 is 0 Å². The number of rotatable bonds is 5. The molecule has 0 bridgehead atoms. The number of carbonyl (C=O) groups is 1. The van der Waals surface area contributed by atoms with Gasteiger partial charge < -0.3 is 16.0 Å². The molecule has 1 aliphatic heterocycles. The van der Waals surface area contributed by atoms with Gasteiger partial charge >= 0.3 is 0 Å². The van der Waals surface area contributed by atoms with Crippen molar-refractivity contribution < 1.29 is 4.79 Å². The third-order valence-electron chi connectivity index (χ3n) is 3.22. The molecule has 1 fully saturated rings. The van der Waals surface area contributed by atoms with Crippen molar-refractivity contribution in [1.82, 2.24) is 15.3 Å². The topological polar surface area (TPSA) is 78.9 Å². The van der Waals surface area contributed by atoms with Gasteiger partial charge in [-0.05, 0) is 26.2 Å². The van der Waals surface area contributed by atoms with E-state index in [-0.39, 0.29) is 11.9 Å². The minimum absolute atomic E-state index is 0.0485. The fourth-order valence-corrected chi connectivity index (χ4v) is 2.09. The third kappa shape index (κ3) is 3.33. The lowest BCUT2D eigenvalue weighted by Crippen LogP contribution is -2.44. The summed E-state index contributed by atoms with van der Waals surface area (Å²) in [6.45, 7) is 5.71. The van der Waals surface area contributed by atoms with Gasteiger partial charge in [0.25, 0.3) is 0 Å². The van der Waals surface area contributed by atoms with Crippen LogP contribution in [0.2, 0.25) is 0 Å². The summed E-state index contributed by atoms with van der Waals surface area (Å²) in [7, 11) is 0. The van der Waals surface area contributed by atoms with Crippen molar-refractivity contribution in [2.45, 2.75) is 39.2 Å². The highest BCUT2D eigenvalue weighted by molar-refractivity contribution is 5.85. The van der Waals surface area contributed by atoms with Crippen molar-refractivity contribution in [3.05, 3.63) is 11.9 Å². The van der Waals surface area contributed by atoms with Crippen molar-refractivity contribution in [2.24, 2.45) is 0 Å². The summed E-state index contributed by atoms with van der Waals surface area (Å²) in [6.07, 6.45) is 4.40. The molecule has 2 rings (SSSR count). The summed E-state index contributed by atoms with van der Waals surface area (Å²) in [5.74, 6) is 1.61. The molecule has 6 heteroatoms. The second-order valence-electron chi connectivity index (χ2n) is 4.75. The van der Waals surface area contributed by atoms with Crippen LogP contribution in [0.25, 0.3) is 0 Å². The van der Waals surface area contributed by atoms with Gasteiger partial charge in [0.05, 0.1) is 0 Å². The molecule has 19 heavy (non-hydrogen) atoms. The zero-order chi connectivity index (χ0) is 13.7. The standard InChI is InChI=1S/C13H21N5O/c1-3-6-14-11-9(2)12(17-8-16-11)18-10-5-4-7-15-13(10)19/h8,10H,3-7H2,1-2H3,(H,15,19)(H2,14,16,17,18). The summed E-state index contributed by atoms with van der Waals surface area (Å²) >= 11 is 0.